The van der Waals surface area contributed by atoms with E-state index < -0.39 is 6.09 Å². The minimum Gasteiger partial charge on any atom is -0.449 e. The van der Waals surface area contributed by atoms with Gasteiger partial charge in [-0.3, -0.25) is 0 Å². The van der Waals surface area contributed by atoms with Crippen LogP contribution in [0.1, 0.15) is 21.9 Å². The zero-order valence-electron chi connectivity index (χ0n) is 14.1. The highest BCUT2D eigenvalue weighted by Gasteiger charge is 2.28. The lowest BCUT2D eigenvalue weighted by Gasteiger charge is -2.14. The lowest BCUT2D eigenvalue weighted by Crippen LogP contribution is -2.26. The number of rotatable bonds is 3. The van der Waals surface area contributed by atoms with Gasteiger partial charge in [-0.1, -0.05) is 66.4 Å². The Kier molecular flexibility index (Phi) is 4.72. The third kappa shape index (κ3) is 3.35. The fourth-order valence-electron chi connectivity index (χ4n) is 3.25. The van der Waals surface area contributed by atoms with E-state index in [-0.39, 0.29) is 12.5 Å². The molecule has 1 N–H and O–H groups in total. The molecule has 1 heterocycles. The Bertz CT molecular complexity index is 937. The summed E-state index contributed by atoms with van der Waals surface area (Å²) in [6.07, 6.45) is -0.438. The number of carbonyl (C=O) groups excluding carboxylic acids is 1. The number of carbonyl (C=O) groups is 1. The first-order chi connectivity index (χ1) is 12.8. The molecule has 26 heavy (non-hydrogen) atoms. The summed E-state index contributed by atoms with van der Waals surface area (Å²) >= 11 is 1.58. The molecular formula is C22H17NO2S. The maximum atomic E-state index is 12.0. The molecule has 0 bridgehead atoms. The molecule has 1 aliphatic carbocycles. The van der Waals surface area contributed by atoms with E-state index in [9.17, 15) is 4.79 Å². The van der Waals surface area contributed by atoms with E-state index in [0.29, 0.717) is 6.61 Å². The van der Waals surface area contributed by atoms with Crippen molar-refractivity contribution in [2.45, 2.75) is 5.92 Å². The number of benzene rings is 2. The maximum absolute atomic E-state index is 12.0. The topological polar surface area (TPSA) is 38.3 Å². The van der Waals surface area contributed by atoms with Crippen molar-refractivity contribution in [1.82, 2.24) is 5.32 Å². The number of nitrogens with one attached hydrogen (secondary N) is 1. The summed E-state index contributed by atoms with van der Waals surface area (Å²) in [7, 11) is 0. The zero-order chi connectivity index (χ0) is 17.8. The second-order valence-electron chi connectivity index (χ2n) is 5.96. The number of thiophene rings is 1. The lowest BCUT2D eigenvalue weighted by molar-refractivity contribution is 0.144. The van der Waals surface area contributed by atoms with E-state index in [2.05, 4.69) is 41.4 Å². The summed E-state index contributed by atoms with van der Waals surface area (Å²) in [5.41, 5.74) is 4.86. The van der Waals surface area contributed by atoms with Crippen molar-refractivity contribution in [1.29, 1.82) is 0 Å². The van der Waals surface area contributed by atoms with Crippen LogP contribution in [0.5, 0.6) is 0 Å². The van der Waals surface area contributed by atoms with Crippen LogP contribution in [-0.4, -0.2) is 19.2 Å². The lowest BCUT2D eigenvalue weighted by atomic mass is 9.98. The Morgan fingerprint density at radius 3 is 2.35 bits per heavy atom. The zero-order valence-corrected chi connectivity index (χ0v) is 14.9. The molecule has 0 radical (unpaired) electrons. The molecule has 0 saturated heterocycles. The quantitative estimate of drug-likeness (QED) is 0.692. The Morgan fingerprint density at radius 1 is 1.00 bits per heavy atom. The SMILES string of the molecule is O=C(NCC#Cc1cccs1)OCC1c2ccccc2-c2ccccc21. The monoisotopic (exact) mass is 359 g/mol. The number of alkyl carbamates (subject to hydrolysis) is 1. The highest BCUT2D eigenvalue weighted by Crippen LogP contribution is 2.44. The van der Waals surface area contributed by atoms with Crippen molar-refractivity contribution < 1.29 is 9.53 Å². The van der Waals surface area contributed by atoms with E-state index in [4.69, 9.17) is 4.74 Å². The molecule has 128 valence electrons. The van der Waals surface area contributed by atoms with E-state index in [1.54, 1.807) is 11.3 Å². The Morgan fingerprint density at radius 2 is 1.69 bits per heavy atom. The molecule has 2 aromatic carbocycles. The molecule has 0 aliphatic heterocycles. The fraction of sp³-hybridized carbons (Fsp3) is 0.136. The van der Waals surface area contributed by atoms with Gasteiger partial charge < -0.3 is 10.1 Å². The number of fused-ring (bicyclic) bond motifs is 3. The van der Waals surface area contributed by atoms with Crippen LogP contribution in [0.3, 0.4) is 0 Å². The first kappa shape index (κ1) is 16.4. The molecular weight excluding hydrogens is 342 g/mol. The van der Waals surface area contributed by atoms with Crippen LogP contribution in [0, 0.1) is 11.8 Å². The number of ether oxygens (including phenoxy) is 1. The molecule has 3 nitrogen and oxygen atoms in total. The van der Waals surface area contributed by atoms with Gasteiger partial charge in [0.05, 0.1) is 11.4 Å². The van der Waals surface area contributed by atoms with Crippen LogP contribution in [0.15, 0.2) is 66.0 Å². The van der Waals surface area contributed by atoms with Gasteiger partial charge in [0.15, 0.2) is 0 Å². The molecule has 1 amide bonds. The Hall–Kier alpha value is -3.03. The highest BCUT2D eigenvalue weighted by molar-refractivity contribution is 7.10. The van der Waals surface area contributed by atoms with Gasteiger partial charge in [-0.25, -0.2) is 4.79 Å². The van der Waals surface area contributed by atoms with Crippen molar-refractivity contribution in [2.24, 2.45) is 0 Å². The molecule has 1 aliphatic rings. The van der Waals surface area contributed by atoms with Gasteiger partial charge in [-0.2, -0.15) is 0 Å². The normalized spacial score (nSPS) is 11.8. The van der Waals surface area contributed by atoms with Crippen LogP contribution in [0.4, 0.5) is 4.79 Å². The van der Waals surface area contributed by atoms with E-state index in [1.807, 2.05) is 41.8 Å². The summed E-state index contributed by atoms with van der Waals surface area (Å²) in [6, 6.07) is 20.5. The standard InChI is InChI=1S/C22H17NO2S/c24-22(23-13-5-7-16-8-6-14-26-16)25-15-21-19-11-3-1-9-17(19)18-10-2-4-12-20(18)21/h1-4,6,8-12,14,21H,13,15H2,(H,23,24). The van der Waals surface area contributed by atoms with E-state index >= 15 is 0 Å². The van der Waals surface area contributed by atoms with Gasteiger partial charge >= 0.3 is 6.09 Å². The molecule has 0 saturated carbocycles. The average molecular weight is 359 g/mol. The van der Waals surface area contributed by atoms with Gasteiger partial charge in [0.25, 0.3) is 0 Å². The van der Waals surface area contributed by atoms with Crippen molar-refractivity contribution in [3.63, 3.8) is 0 Å². The molecule has 4 rings (SSSR count). The van der Waals surface area contributed by atoms with E-state index in [0.717, 1.165) is 4.88 Å². The average Bonchev–Trinajstić information content (AvgIpc) is 3.30. The van der Waals surface area contributed by atoms with Crippen molar-refractivity contribution >= 4 is 17.4 Å². The first-order valence-electron chi connectivity index (χ1n) is 8.44. The second-order valence-corrected chi connectivity index (χ2v) is 6.91. The predicted octanol–water partition coefficient (Wildman–Crippen LogP) is 4.64. The third-order valence-corrected chi connectivity index (χ3v) is 5.18. The van der Waals surface area contributed by atoms with Crippen LogP contribution in [-0.2, 0) is 4.74 Å². The second kappa shape index (κ2) is 7.47. The van der Waals surface area contributed by atoms with Crippen molar-refractivity contribution in [2.75, 3.05) is 13.2 Å². The Labute approximate surface area is 156 Å². The molecule has 0 atom stereocenters. The molecule has 3 aromatic rings. The number of hydrogen-bond acceptors (Lipinski definition) is 3. The minimum absolute atomic E-state index is 0.0744. The van der Waals surface area contributed by atoms with Crippen molar-refractivity contribution in [3.05, 3.63) is 82.0 Å². The smallest absolute Gasteiger partial charge is 0.407 e. The molecule has 1 aromatic heterocycles. The summed E-state index contributed by atoms with van der Waals surface area (Å²) in [6.45, 7) is 0.590. The summed E-state index contributed by atoms with van der Waals surface area (Å²) < 4.78 is 5.46. The highest BCUT2D eigenvalue weighted by atomic mass is 32.1. The Balaban J connectivity index is 1.38. The van der Waals surface area contributed by atoms with Gasteiger partial charge in [0, 0.05) is 5.92 Å². The number of amides is 1. The molecule has 0 spiro atoms. The minimum atomic E-state index is -0.438. The number of hydrogen-bond donors (Lipinski definition) is 1. The van der Waals surface area contributed by atoms with Gasteiger partial charge in [-0.15, -0.1) is 11.3 Å². The molecule has 0 fully saturated rings. The summed E-state index contributed by atoms with van der Waals surface area (Å²) in [4.78, 5) is 13.0. The van der Waals surface area contributed by atoms with Crippen LogP contribution < -0.4 is 5.32 Å². The van der Waals surface area contributed by atoms with Gasteiger partial charge in [0.2, 0.25) is 0 Å². The summed E-state index contributed by atoms with van der Waals surface area (Å²) in [5.74, 6) is 6.00. The third-order valence-electron chi connectivity index (χ3n) is 4.40. The molecule has 4 heteroatoms. The van der Waals surface area contributed by atoms with Crippen LogP contribution in [0.2, 0.25) is 0 Å². The van der Waals surface area contributed by atoms with Gasteiger partial charge in [-0.05, 0) is 33.7 Å². The van der Waals surface area contributed by atoms with E-state index in [1.165, 1.54) is 22.3 Å². The first-order valence-corrected chi connectivity index (χ1v) is 9.32. The van der Waals surface area contributed by atoms with Crippen LogP contribution in [0.25, 0.3) is 11.1 Å². The predicted molar refractivity (Wildman–Crippen MR) is 104 cm³/mol. The van der Waals surface area contributed by atoms with Crippen molar-refractivity contribution in [3.8, 4) is 23.0 Å². The fourth-order valence-corrected chi connectivity index (χ4v) is 3.84. The van der Waals surface area contributed by atoms with Gasteiger partial charge in [0.1, 0.15) is 6.61 Å². The molecule has 0 unspecified atom stereocenters. The largest absolute Gasteiger partial charge is 0.449 e. The van der Waals surface area contributed by atoms with Crippen LogP contribution >= 0.6 is 11.3 Å². The maximum Gasteiger partial charge on any atom is 0.407 e. The summed E-state index contributed by atoms with van der Waals surface area (Å²) in [5, 5.41) is 4.66.